The Morgan fingerprint density at radius 2 is 0.633 bits per heavy atom. The molecule has 0 N–H and O–H groups in total. The maximum absolute atomic E-state index is 2.95. The van der Waals surface area contributed by atoms with Gasteiger partial charge in [-0.3, -0.25) is 0 Å². The Bertz CT molecular complexity index is 4740. The Kier molecular flexibility index (Phi) is 14.4. The predicted molar refractivity (Wildman–Crippen MR) is 417 cm³/mol. The number of rotatable bonds is 11. The molecule has 0 radical (unpaired) electrons. The van der Waals surface area contributed by atoms with E-state index in [9.17, 15) is 0 Å². The third-order valence-electron chi connectivity index (χ3n) is 22.4. The second-order valence-corrected chi connectivity index (χ2v) is 30.4. The van der Waals surface area contributed by atoms with Crippen molar-refractivity contribution in [2.45, 2.75) is 90.1 Å². The SMILES string of the molecule is CC(C)(C)c1ccc(-c2ccc3c(c2)N(c2c(-c4ccccc4)cc(-c4ccccc4)cc2-c2ccccc2)c2cc(N4C5CC6CC(C5)C4C6)cc4c2B3c2ccc(-c3ccc(C(C)(C)C)cc3)cc2N4c2c(-c3ccccc3)cc(-c3ccccc3)cc2-c2ccccc2)cc1. The van der Waals surface area contributed by atoms with Crippen molar-refractivity contribution < 1.29 is 0 Å². The van der Waals surface area contributed by atoms with Crippen molar-refractivity contribution in [3.05, 3.63) is 314 Å². The van der Waals surface area contributed by atoms with Gasteiger partial charge in [-0.1, -0.05) is 296 Å². The molecule has 4 unspecified atom stereocenters. The van der Waals surface area contributed by atoms with Gasteiger partial charge in [0.2, 0.25) is 0 Å². The van der Waals surface area contributed by atoms with Gasteiger partial charge in [0.25, 0.3) is 6.71 Å². The van der Waals surface area contributed by atoms with Crippen molar-refractivity contribution >= 4 is 62.9 Å². The van der Waals surface area contributed by atoms with E-state index in [4.69, 9.17) is 0 Å². The van der Waals surface area contributed by atoms with Crippen LogP contribution in [0.3, 0.4) is 0 Å². The lowest BCUT2D eigenvalue weighted by Gasteiger charge is -2.47. The number of anilines is 7. The second-order valence-electron chi connectivity index (χ2n) is 30.4. The Morgan fingerprint density at radius 1 is 0.296 bits per heavy atom. The number of fused-ring (bicyclic) bond motifs is 4. The van der Waals surface area contributed by atoms with Crippen LogP contribution >= 0.6 is 0 Å². The molecule has 19 rings (SSSR count). The third-order valence-corrected chi connectivity index (χ3v) is 22.4. The average molecular weight is 1260 g/mol. The summed E-state index contributed by atoms with van der Waals surface area (Å²) in [6, 6.07) is 117. The van der Waals surface area contributed by atoms with Gasteiger partial charge in [0.05, 0.1) is 11.4 Å². The first kappa shape index (κ1) is 59.8. The topological polar surface area (TPSA) is 9.72 Å². The van der Waals surface area contributed by atoms with Crippen LogP contribution in [-0.2, 0) is 10.8 Å². The van der Waals surface area contributed by atoms with Crippen molar-refractivity contribution in [1.82, 2.24) is 0 Å². The van der Waals surface area contributed by atoms with Crippen molar-refractivity contribution in [3.63, 3.8) is 0 Å². The van der Waals surface area contributed by atoms with Crippen LogP contribution in [0, 0.1) is 11.8 Å². The smallest absolute Gasteiger partial charge is 0.252 e. The van der Waals surface area contributed by atoms with Crippen LogP contribution in [0.15, 0.2) is 303 Å². The number of hydrogen-bond donors (Lipinski definition) is 0. The van der Waals surface area contributed by atoms with Gasteiger partial charge in [-0.15, -0.1) is 0 Å². The summed E-state index contributed by atoms with van der Waals surface area (Å²) in [5.41, 5.74) is 33.9. The zero-order valence-electron chi connectivity index (χ0n) is 56.9. The Balaban J connectivity index is 1.01. The maximum atomic E-state index is 2.95. The molecule has 13 aromatic rings. The average Bonchev–Trinajstić information content (AvgIpc) is 0.742. The zero-order valence-corrected chi connectivity index (χ0v) is 56.9. The van der Waals surface area contributed by atoms with E-state index in [2.05, 4.69) is 360 Å². The van der Waals surface area contributed by atoms with Crippen LogP contribution < -0.4 is 31.1 Å². The number of piperidine rings is 1. The van der Waals surface area contributed by atoms with E-state index in [0.29, 0.717) is 18.0 Å². The molecule has 4 heterocycles. The Hall–Kier alpha value is -10.7. The van der Waals surface area contributed by atoms with E-state index in [0.717, 1.165) is 5.92 Å². The summed E-state index contributed by atoms with van der Waals surface area (Å²) < 4.78 is 0. The second kappa shape index (κ2) is 23.6. The molecule has 13 aromatic carbocycles. The molecule has 4 bridgehead atoms. The zero-order chi connectivity index (χ0) is 66.0. The highest BCUT2D eigenvalue weighted by molar-refractivity contribution is 7.00. The minimum atomic E-state index is -0.167. The lowest BCUT2D eigenvalue weighted by atomic mass is 9.33. The molecule has 2 saturated heterocycles. The molecular weight excluding hydrogens is 1180 g/mol. The minimum absolute atomic E-state index is 0.0117. The van der Waals surface area contributed by atoms with E-state index < -0.39 is 0 Å². The van der Waals surface area contributed by atoms with Crippen LogP contribution in [-0.4, -0.2) is 18.8 Å². The molecule has 2 aliphatic carbocycles. The fraction of sp³-hybridized carbons (Fsp3) is 0.170. The molecule has 474 valence electrons. The third kappa shape index (κ3) is 10.2. The summed E-state index contributed by atoms with van der Waals surface area (Å²) in [5.74, 6) is 1.47. The Morgan fingerprint density at radius 3 is 0.980 bits per heavy atom. The molecule has 4 fully saturated rings. The van der Waals surface area contributed by atoms with Gasteiger partial charge in [-0.05, 0) is 191 Å². The quantitative estimate of drug-likeness (QED) is 0.120. The largest absolute Gasteiger partial charge is 0.365 e. The predicted octanol–water partition coefficient (Wildman–Crippen LogP) is 23.1. The molecule has 6 aliphatic rings. The number of nitrogens with zero attached hydrogens (tertiary/aromatic N) is 3. The first-order valence-corrected chi connectivity index (χ1v) is 35.6. The summed E-state index contributed by atoms with van der Waals surface area (Å²) in [6.45, 7) is 13.7. The van der Waals surface area contributed by atoms with Crippen molar-refractivity contribution in [2.24, 2.45) is 11.8 Å². The van der Waals surface area contributed by atoms with E-state index in [1.807, 2.05) is 0 Å². The molecule has 98 heavy (non-hydrogen) atoms. The fourth-order valence-electron chi connectivity index (χ4n) is 17.7. The summed E-state index contributed by atoms with van der Waals surface area (Å²) in [5, 5.41) is 0. The lowest BCUT2D eigenvalue weighted by molar-refractivity contribution is 0.340. The number of hydrogen-bond acceptors (Lipinski definition) is 3. The molecule has 4 heteroatoms. The van der Waals surface area contributed by atoms with Gasteiger partial charge in [0, 0.05) is 62.8 Å². The van der Waals surface area contributed by atoms with Gasteiger partial charge in [0.1, 0.15) is 0 Å². The van der Waals surface area contributed by atoms with Gasteiger partial charge in [-0.25, -0.2) is 0 Å². The minimum Gasteiger partial charge on any atom is -0.365 e. The van der Waals surface area contributed by atoms with Crippen LogP contribution in [0.2, 0.25) is 0 Å². The molecule has 0 spiro atoms. The van der Waals surface area contributed by atoms with E-state index in [1.165, 1.54) is 182 Å². The van der Waals surface area contributed by atoms with E-state index in [1.54, 1.807) is 0 Å². The van der Waals surface area contributed by atoms with Crippen LogP contribution in [0.4, 0.5) is 39.8 Å². The van der Waals surface area contributed by atoms with Gasteiger partial charge in [0.15, 0.2) is 0 Å². The summed E-state index contributed by atoms with van der Waals surface area (Å²) >= 11 is 0. The highest BCUT2D eigenvalue weighted by atomic mass is 15.3. The standard InChI is InChI=1S/C94H80BN3/c1-93(2,3)75-43-37-64(38-44-75)70-41-47-83-86(57-70)97(91-79(66-29-17-9-18-30-66)53-72(62-25-13-7-14-26-62)54-80(91)67-31-19-10-20-32-67)88-59-78(96-77-50-61-49-74(52-77)85(96)51-61)60-89-90(88)95(83)84-48-42-71(65-39-45-76(46-40-65)94(4,5)6)58-87(84)98(89)92-81(68-33-21-11-22-34-68)55-73(63-27-15-8-16-28-63)56-82(92)69-35-23-12-24-36-69/h7-48,53-61,74,77,85H,49-52H2,1-6H3. The highest BCUT2D eigenvalue weighted by Gasteiger charge is 2.54. The molecular formula is C94H80BN3. The molecule has 4 atom stereocenters. The molecule has 0 aromatic heterocycles. The van der Waals surface area contributed by atoms with Gasteiger partial charge < -0.3 is 14.7 Å². The first-order chi connectivity index (χ1) is 47.8. The van der Waals surface area contributed by atoms with Crippen molar-refractivity contribution in [2.75, 3.05) is 14.7 Å². The monoisotopic (exact) mass is 1260 g/mol. The Labute approximate surface area is 579 Å². The maximum Gasteiger partial charge on any atom is 0.252 e. The van der Waals surface area contributed by atoms with Gasteiger partial charge >= 0.3 is 0 Å². The highest BCUT2D eigenvalue weighted by Crippen LogP contribution is 2.59. The molecule has 4 aliphatic heterocycles. The van der Waals surface area contributed by atoms with E-state index in [-0.39, 0.29) is 17.5 Å². The normalized spacial score (nSPS) is 17.2. The molecule has 3 nitrogen and oxygen atoms in total. The summed E-state index contributed by atoms with van der Waals surface area (Å²) in [7, 11) is 0. The summed E-state index contributed by atoms with van der Waals surface area (Å²) in [6.07, 6.45) is 5.07. The van der Waals surface area contributed by atoms with Crippen molar-refractivity contribution in [3.8, 4) is 89.0 Å². The fourth-order valence-corrected chi connectivity index (χ4v) is 17.7. The van der Waals surface area contributed by atoms with Gasteiger partial charge in [-0.2, -0.15) is 0 Å². The van der Waals surface area contributed by atoms with Crippen LogP contribution in [0.1, 0.15) is 78.4 Å². The molecule has 2 saturated carbocycles. The first-order valence-electron chi connectivity index (χ1n) is 35.6. The lowest BCUT2D eigenvalue weighted by Crippen LogP contribution is -2.61. The number of benzene rings is 13. The van der Waals surface area contributed by atoms with Crippen LogP contribution in [0.25, 0.3) is 89.0 Å². The van der Waals surface area contributed by atoms with Crippen LogP contribution in [0.5, 0.6) is 0 Å². The molecule has 0 amide bonds. The summed E-state index contributed by atoms with van der Waals surface area (Å²) in [4.78, 5) is 8.50. The van der Waals surface area contributed by atoms with Crippen molar-refractivity contribution in [1.29, 1.82) is 0 Å². The van der Waals surface area contributed by atoms with E-state index >= 15 is 0 Å².